The first-order valence-electron chi connectivity index (χ1n) is 9.92. The predicted molar refractivity (Wildman–Crippen MR) is 106 cm³/mol. The Morgan fingerprint density at radius 2 is 1.71 bits per heavy atom. The van der Waals surface area contributed by atoms with E-state index in [9.17, 15) is 4.79 Å². The van der Waals surface area contributed by atoms with Gasteiger partial charge in [-0.05, 0) is 48.7 Å². The summed E-state index contributed by atoms with van der Waals surface area (Å²) in [6, 6.07) is 0. The molecule has 0 aromatic heterocycles. The summed E-state index contributed by atoms with van der Waals surface area (Å²) in [4.78, 5) is 12.0. The molecule has 1 rings (SSSR count). The lowest BCUT2D eigenvalue weighted by atomic mass is 10.1. The van der Waals surface area contributed by atoms with E-state index in [0.717, 1.165) is 38.1 Å². The molecule has 0 unspecified atom stereocenters. The van der Waals surface area contributed by atoms with Crippen molar-refractivity contribution < 1.29 is 9.22 Å². The van der Waals surface area contributed by atoms with Crippen molar-refractivity contribution >= 4 is 14.1 Å². The quantitative estimate of drug-likeness (QED) is 0.317. The van der Waals surface area contributed by atoms with E-state index in [1.54, 1.807) is 0 Å². The SMILES string of the molecule is CC(C)[Si](OCCCCC(=O)/C=C1/CCCCN1)(C(C)C)C(C)C. The predicted octanol–water partition coefficient (Wildman–Crippen LogP) is 5.58. The molecule has 1 N–H and O–H groups in total. The van der Waals surface area contributed by atoms with E-state index in [1.807, 2.05) is 6.08 Å². The van der Waals surface area contributed by atoms with Crippen LogP contribution in [0.15, 0.2) is 11.8 Å². The smallest absolute Gasteiger partial charge is 0.200 e. The highest BCUT2D eigenvalue weighted by Crippen LogP contribution is 2.42. The molecule has 0 saturated carbocycles. The molecule has 1 aliphatic heterocycles. The van der Waals surface area contributed by atoms with Crippen molar-refractivity contribution in [1.82, 2.24) is 5.32 Å². The van der Waals surface area contributed by atoms with Crippen molar-refractivity contribution in [2.45, 2.75) is 96.7 Å². The fraction of sp³-hybridized carbons (Fsp3) is 0.850. The van der Waals surface area contributed by atoms with Gasteiger partial charge in [0.15, 0.2) is 14.1 Å². The fourth-order valence-electron chi connectivity index (χ4n) is 4.32. The van der Waals surface area contributed by atoms with E-state index >= 15 is 0 Å². The molecule has 1 heterocycles. The highest BCUT2D eigenvalue weighted by molar-refractivity contribution is 6.77. The number of unbranched alkanes of at least 4 members (excludes halogenated alkanes) is 1. The van der Waals surface area contributed by atoms with Crippen LogP contribution in [0.1, 0.15) is 80.1 Å². The van der Waals surface area contributed by atoms with Gasteiger partial charge in [-0.25, -0.2) is 0 Å². The normalized spacial score (nSPS) is 17.8. The molecule has 0 atom stereocenters. The summed E-state index contributed by atoms with van der Waals surface area (Å²) < 4.78 is 6.55. The molecule has 4 heteroatoms. The molecule has 0 amide bonds. The molecule has 3 nitrogen and oxygen atoms in total. The maximum atomic E-state index is 12.0. The molecule has 1 aliphatic rings. The van der Waals surface area contributed by atoms with Crippen molar-refractivity contribution in [3.05, 3.63) is 11.8 Å². The van der Waals surface area contributed by atoms with Crippen LogP contribution >= 0.6 is 0 Å². The van der Waals surface area contributed by atoms with Gasteiger partial charge in [-0.2, -0.15) is 0 Å². The Kier molecular flexibility index (Phi) is 9.28. The molecule has 140 valence electrons. The van der Waals surface area contributed by atoms with Crippen molar-refractivity contribution in [3.8, 4) is 0 Å². The molecule has 0 radical (unpaired) electrons. The summed E-state index contributed by atoms with van der Waals surface area (Å²) in [5.41, 5.74) is 3.01. The highest BCUT2D eigenvalue weighted by Gasteiger charge is 2.44. The number of hydrogen-bond donors (Lipinski definition) is 1. The maximum Gasteiger partial charge on any atom is 0.200 e. The zero-order chi connectivity index (χ0) is 18.2. The fourth-order valence-corrected chi connectivity index (χ4v) is 9.82. The van der Waals surface area contributed by atoms with Crippen LogP contribution in [0.5, 0.6) is 0 Å². The third kappa shape index (κ3) is 6.03. The van der Waals surface area contributed by atoms with Gasteiger partial charge in [0, 0.05) is 31.3 Å². The monoisotopic (exact) mass is 353 g/mol. The number of rotatable bonds is 10. The lowest BCUT2D eigenvalue weighted by Gasteiger charge is -2.42. The van der Waals surface area contributed by atoms with Crippen LogP contribution in [0, 0.1) is 0 Å². The lowest BCUT2D eigenvalue weighted by Crippen LogP contribution is -2.47. The number of nitrogens with one attached hydrogen (secondary N) is 1. The summed E-state index contributed by atoms with van der Waals surface area (Å²) in [5.74, 6) is 0.263. The van der Waals surface area contributed by atoms with Crippen LogP contribution in [0.4, 0.5) is 0 Å². The molecule has 1 saturated heterocycles. The number of hydrogen-bond acceptors (Lipinski definition) is 3. The van der Waals surface area contributed by atoms with Crippen LogP contribution in [-0.4, -0.2) is 27.3 Å². The van der Waals surface area contributed by atoms with Crippen LogP contribution < -0.4 is 5.32 Å². The Morgan fingerprint density at radius 3 is 2.21 bits per heavy atom. The maximum absolute atomic E-state index is 12.0. The summed E-state index contributed by atoms with van der Waals surface area (Å²) in [6.07, 6.45) is 7.84. The minimum Gasteiger partial charge on any atom is -0.416 e. The largest absolute Gasteiger partial charge is 0.416 e. The molecule has 0 spiro atoms. The molecule has 0 aliphatic carbocycles. The van der Waals surface area contributed by atoms with Gasteiger partial charge >= 0.3 is 0 Å². The number of carbonyl (C=O) groups is 1. The molecule has 1 fully saturated rings. The topological polar surface area (TPSA) is 38.3 Å². The third-order valence-electron chi connectivity index (χ3n) is 5.44. The summed E-state index contributed by atoms with van der Waals surface area (Å²) in [7, 11) is -1.75. The van der Waals surface area contributed by atoms with Crippen LogP contribution in [0.25, 0.3) is 0 Å². The number of carbonyl (C=O) groups excluding carboxylic acids is 1. The Balaban J connectivity index is 2.37. The van der Waals surface area contributed by atoms with Gasteiger partial charge in [-0.1, -0.05) is 41.5 Å². The first-order valence-corrected chi connectivity index (χ1v) is 12.1. The molecule has 0 aromatic carbocycles. The molecule has 0 bridgehead atoms. The summed E-state index contributed by atoms with van der Waals surface area (Å²) in [6.45, 7) is 15.7. The average molecular weight is 354 g/mol. The minimum atomic E-state index is -1.75. The summed E-state index contributed by atoms with van der Waals surface area (Å²) >= 11 is 0. The van der Waals surface area contributed by atoms with Gasteiger partial charge in [0.1, 0.15) is 0 Å². The van der Waals surface area contributed by atoms with Gasteiger partial charge in [0.05, 0.1) is 0 Å². The Bertz CT molecular complexity index is 386. The zero-order valence-electron chi connectivity index (χ0n) is 16.8. The number of piperidine rings is 1. The van der Waals surface area contributed by atoms with Gasteiger partial charge < -0.3 is 9.74 Å². The first kappa shape index (κ1) is 21.4. The highest BCUT2D eigenvalue weighted by atomic mass is 28.4. The standard InChI is InChI=1S/C20H39NO2Si/c1-16(2)24(17(3)4,18(5)6)23-14-10-8-12-20(22)15-19-11-7-9-13-21-19/h15-18,21H,7-14H2,1-6H3/b19-15-. The third-order valence-corrected chi connectivity index (χ3v) is 11.6. The Hall–Kier alpha value is -0.613. The van der Waals surface area contributed by atoms with Crippen LogP contribution in [0.2, 0.25) is 16.6 Å². The van der Waals surface area contributed by atoms with Gasteiger partial charge in [-0.15, -0.1) is 0 Å². The van der Waals surface area contributed by atoms with E-state index in [1.165, 1.54) is 12.8 Å². The first-order chi connectivity index (χ1) is 11.3. The minimum absolute atomic E-state index is 0.263. The zero-order valence-corrected chi connectivity index (χ0v) is 17.8. The van der Waals surface area contributed by atoms with Gasteiger partial charge in [-0.3, -0.25) is 4.79 Å². The molecule has 0 aromatic rings. The Morgan fingerprint density at radius 1 is 1.08 bits per heavy atom. The number of ketones is 1. The average Bonchev–Trinajstić information content (AvgIpc) is 2.50. The lowest BCUT2D eigenvalue weighted by molar-refractivity contribution is -0.114. The van der Waals surface area contributed by atoms with Gasteiger partial charge in [0.2, 0.25) is 0 Å². The van der Waals surface area contributed by atoms with E-state index < -0.39 is 8.32 Å². The number of allylic oxidation sites excluding steroid dienone is 2. The van der Waals surface area contributed by atoms with Gasteiger partial charge in [0.25, 0.3) is 0 Å². The van der Waals surface area contributed by atoms with Crippen LogP contribution in [-0.2, 0) is 9.22 Å². The second-order valence-electron chi connectivity index (χ2n) is 8.14. The van der Waals surface area contributed by atoms with Crippen molar-refractivity contribution in [3.63, 3.8) is 0 Å². The summed E-state index contributed by atoms with van der Waals surface area (Å²) in [5, 5.41) is 3.33. The van der Waals surface area contributed by atoms with Crippen molar-refractivity contribution in [1.29, 1.82) is 0 Å². The Labute approximate surface area is 150 Å². The second kappa shape index (κ2) is 10.4. The van der Waals surface area contributed by atoms with E-state index in [4.69, 9.17) is 4.43 Å². The van der Waals surface area contributed by atoms with E-state index in [-0.39, 0.29) is 5.78 Å². The second-order valence-corrected chi connectivity index (χ2v) is 13.6. The van der Waals surface area contributed by atoms with E-state index in [2.05, 4.69) is 46.9 Å². The van der Waals surface area contributed by atoms with E-state index in [0.29, 0.717) is 23.0 Å². The molecular weight excluding hydrogens is 314 g/mol. The molecular formula is C20H39NO2Si. The molecule has 24 heavy (non-hydrogen) atoms. The van der Waals surface area contributed by atoms with Crippen molar-refractivity contribution in [2.24, 2.45) is 0 Å². The van der Waals surface area contributed by atoms with Crippen molar-refractivity contribution in [2.75, 3.05) is 13.2 Å². The van der Waals surface area contributed by atoms with Crippen LogP contribution in [0.3, 0.4) is 0 Å².